The van der Waals surface area contributed by atoms with Crippen LogP contribution in [0.15, 0.2) is 89.1 Å². The van der Waals surface area contributed by atoms with Crippen molar-refractivity contribution in [3.63, 3.8) is 0 Å². The SMILES string of the molecule is CCCCN(c1ccccc1)S(=O)(=O)c1cccc(C(=O)OCC(=O)Nc2scc(-c3ccc(OC)cc3)c2C(=O)OCC)c1. The van der Waals surface area contributed by atoms with Gasteiger partial charge >= 0.3 is 11.9 Å². The Kier molecular flexibility index (Phi) is 11.3. The number of hydrogen-bond donors (Lipinski definition) is 1. The van der Waals surface area contributed by atoms with Crippen LogP contribution in [0, 0.1) is 0 Å². The zero-order valence-corrected chi connectivity index (χ0v) is 26.8. The minimum absolute atomic E-state index is 0.0301. The van der Waals surface area contributed by atoms with Crippen LogP contribution in [-0.2, 0) is 24.3 Å². The minimum atomic E-state index is -4.00. The lowest BCUT2D eigenvalue weighted by atomic mass is 10.0. The maximum Gasteiger partial charge on any atom is 0.341 e. The summed E-state index contributed by atoms with van der Waals surface area (Å²) in [4.78, 5) is 38.5. The van der Waals surface area contributed by atoms with Crippen LogP contribution in [0.3, 0.4) is 0 Å². The summed E-state index contributed by atoms with van der Waals surface area (Å²) in [6, 6.07) is 21.3. The van der Waals surface area contributed by atoms with Gasteiger partial charge in [0.05, 0.1) is 29.9 Å². The summed E-state index contributed by atoms with van der Waals surface area (Å²) in [5.41, 5.74) is 1.95. The molecular weight excluding hydrogens is 617 g/mol. The third-order valence-corrected chi connectivity index (χ3v) is 9.39. The van der Waals surface area contributed by atoms with Crippen LogP contribution in [0.5, 0.6) is 5.75 Å². The first-order valence-corrected chi connectivity index (χ1v) is 16.6. The number of unbranched alkanes of at least 4 members (excludes halogenated alkanes) is 1. The van der Waals surface area contributed by atoms with Gasteiger partial charge in [0, 0.05) is 17.5 Å². The molecule has 1 aromatic heterocycles. The van der Waals surface area contributed by atoms with Crippen LogP contribution in [0.1, 0.15) is 47.4 Å². The lowest BCUT2D eigenvalue weighted by Gasteiger charge is -2.24. The summed E-state index contributed by atoms with van der Waals surface area (Å²) in [5, 5.41) is 4.59. The smallest absolute Gasteiger partial charge is 0.341 e. The van der Waals surface area contributed by atoms with Gasteiger partial charge in [0.15, 0.2) is 6.61 Å². The van der Waals surface area contributed by atoms with Crippen molar-refractivity contribution in [2.75, 3.05) is 36.5 Å². The maximum atomic E-state index is 13.6. The van der Waals surface area contributed by atoms with E-state index in [-0.39, 0.29) is 34.2 Å². The Labute approximate surface area is 266 Å². The van der Waals surface area contributed by atoms with Crippen molar-refractivity contribution < 1.29 is 37.0 Å². The number of benzene rings is 3. The van der Waals surface area contributed by atoms with E-state index >= 15 is 0 Å². The maximum absolute atomic E-state index is 13.6. The van der Waals surface area contributed by atoms with Crippen molar-refractivity contribution in [1.29, 1.82) is 0 Å². The van der Waals surface area contributed by atoms with Crippen LogP contribution in [0.2, 0.25) is 0 Å². The van der Waals surface area contributed by atoms with E-state index in [1.807, 2.05) is 6.92 Å². The number of para-hydroxylation sites is 1. The molecule has 12 heteroatoms. The molecule has 1 N–H and O–H groups in total. The topological polar surface area (TPSA) is 128 Å². The Morgan fingerprint density at radius 3 is 2.29 bits per heavy atom. The van der Waals surface area contributed by atoms with Crippen molar-refractivity contribution in [1.82, 2.24) is 0 Å². The molecule has 236 valence electrons. The van der Waals surface area contributed by atoms with E-state index in [4.69, 9.17) is 14.2 Å². The van der Waals surface area contributed by atoms with Crippen molar-refractivity contribution in [2.24, 2.45) is 0 Å². The molecule has 0 fully saturated rings. The number of rotatable bonds is 14. The first-order valence-electron chi connectivity index (χ1n) is 14.3. The highest BCUT2D eigenvalue weighted by atomic mass is 32.2. The molecule has 10 nitrogen and oxygen atoms in total. The van der Waals surface area contributed by atoms with E-state index in [0.717, 1.165) is 23.3 Å². The molecule has 1 heterocycles. The van der Waals surface area contributed by atoms with Gasteiger partial charge in [0.1, 0.15) is 16.3 Å². The summed E-state index contributed by atoms with van der Waals surface area (Å²) in [6.07, 6.45) is 1.44. The van der Waals surface area contributed by atoms with Crippen LogP contribution < -0.4 is 14.4 Å². The second kappa shape index (κ2) is 15.4. The fourth-order valence-electron chi connectivity index (χ4n) is 4.41. The van der Waals surface area contributed by atoms with Gasteiger partial charge in [-0.2, -0.15) is 0 Å². The number of thiophene rings is 1. The summed E-state index contributed by atoms with van der Waals surface area (Å²) < 4.78 is 44.2. The molecule has 45 heavy (non-hydrogen) atoms. The number of hydrogen-bond acceptors (Lipinski definition) is 9. The number of nitrogens with one attached hydrogen (secondary N) is 1. The number of sulfonamides is 1. The standard InChI is InChI=1S/C33H34N2O8S2/c1-4-6-19-35(25-12-8-7-9-13-25)45(39,40)27-14-10-11-24(20-27)32(37)43-21-29(36)34-31-30(33(38)42-5-2)28(22-44-31)23-15-17-26(41-3)18-16-23/h7-18,20,22H,4-6,19,21H2,1-3H3,(H,34,36). The third kappa shape index (κ3) is 8.08. The minimum Gasteiger partial charge on any atom is -0.497 e. The van der Waals surface area contributed by atoms with Crippen LogP contribution >= 0.6 is 11.3 Å². The van der Waals surface area contributed by atoms with Crippen molar-refractivity contribution in [2.45, 2.75) is 31.6 Å². The van der Waals surface area contributed by atoms with E-state index in [9.17, 15) is 22.8 Å². The van der Waals surface area contributed by atoms with Crippen molar-refractivity contribution in [3.8, 4) is 16.9 Å². The van der Waals surface area contributed by atoms with Crippen LogP contribution in [-0.4, -0.2) is 53.1 Å². The Morgan fingerprint density at radius 2 is 1.62 bits per heavy atom. The van der Waals surface area contributed by atoms with E-state index < -0.39 is 34.5 Å². The Hall–Kier alpha value is -4.68. The lowest BCUT2D eigenvalue weighted by molar-refractivity contribution is -0.119. The van der Waals surface area contributed by atoms with E-state index in [2.05, 4.69) is 5.32 Å². The molecular formula is C33H34N2O8S2. The normalized spacial score (nSPS) is 11.0. The van der Waals surface area contributed by atoms with Gasteiger partial charge < -0.3 is 19.5 Å². The average Bonchev–Trinajstić information content (AvgIpc) is 3.47. The van der Waals surface area contributed by atoms with Crippen molar-refractivity contribution >= 4 is 49.9 Å². The molecule has 0 aliphatic heterocycles. The molecule has 1 amide bonds. The number of anilines is 2. The Bertz CT molecular complexity index is 1740. The second-order valence-corrected chi connectivity index (χ2v) is 12.5. The summed E-state index contributed by atoms with van der Waals surface area (Å²) in [6.45, 7) is 3.39. The van der Waals surface area contributed by atoms with Gasteiger partial charge in [0.25, 0.3) is 15.9 Å². The summed E-state index contributed by atoms with van der Waals surface area (Å²) >= 11 is 1.13. The lowest BCUT2D eigenvalue weighted by Crippen LogP contribution is -2.32. The fourth-order valence-corrected chi connectivity index (χ4v) is 6.93. The Balaban J connectivity index is 1.48. The molecule has 0 radical (unpaired) electrons. The molecule has 4 rings (SSSR count). The highest BCUT2D eigenvalue weighted by molar-refractivity contribution is 7.92. The van der Waals surface area contributed by atoms with Gasteiger partial charge in [-0.25, -0.2) is 18.0 Å². The first kappa shape index (κ1) is 33.2. The number of esters is 2. The molecule has 4 aromatic rings. The quantitative estimate of drug-likeness (QED) is 0.156. The monoisotopic (exact) mass is 650 g/mol. The zero-order chi connectivity index (χ0) is 32.4. The van der Waals surface area contributed by atoms with E-state index in [1.54, 1.807) is 74.0 Å². The number of carbonyl (C=O) groups excluding carboxylic acids is 3. The molecule has 0 saturated carbocycles. The molecule has 0 atom stereocenters. The predicted molar refractivity (Wildman–Crippen MR) is 173 cm³/mol. The second-order valence-electron chi connectivity index (χ2n) is 9.72. The molecule has 0 aliphatic rings. The third-order valence-electron chi connectivity index (χ3n) is 6.68. The van der Waals surface area contributed by atoms with E-state index in [1.165, 1.54) is 28.6 Å². The average molecular weight is 651 g/mol. The molecule has 0 aliphatic carbocycles. The highest BCUT2D eigenvalue weighted by Gasteiger charge is 2.26. The number of nitrogens with zero attached hydrogens (tertiary/aromatic N) is 1. The van der Waals surface area contributed by atoms with Crippen LogP contribution in [0.25, 0.3) is 11.1 Å². The molecule has 3 aromatic carbocycles. The van der Waals surface area contributed by atoms with Gasteiger partial charge in [-0.05, 0) is 61.4 Å². The molecule has 0 bridgehead atoms. The van der Waals surface area contributed by atoms with Crippen molar-refractivity contribution in [3.05, 3.63) is 95.4 Å². The summed E-state index contributed by atoms with van der Waals surface area (Å²) in [7, 11) is -2.45. The molecule has 0 unspecified atom stereocenters. The van der Waals surface area contributed by atoms with Crippen LogP contribution in [0.4, 0.5) is 10.7 Å². The van der Waals surface area contributed by atoms with Gasteiger partial charge in [-0.1, -0.05) is 49.7 Å². The first-order chi connectivity index (χ1) is 21.7. The number of carbonyl (C=O) groups is 3. The molecule has 0 saturated heterocycles. The predicted octanol–water partition coefficient (Wildman–Crippen LogP) is 6.39. The molecule has 0 spiro atoms. The largest absolute Gasteiger partial charge is 0.497 e. The Morgan fingerprint density at radius 1 is 0.889 bits per heavy atom. The number of methoxy groups -OCH3 is 1. The fraction of sp³-hybridized carbons (Fsp3) is 0.242. The number of amides is 1. The summed E-state index contributed by atoms with van der Waals surface area (Å²) in [5.74, 6) is -1.53. The zero-order valence-electron chi connectivity index (χ0n) is 25.1. The number of ether oxygens (including phenoxy) is 3. The highest BCUT2D eigenvalue weighted by Crippen LogP contribution is 2.37. The van der Waals surface area contributed by atoms with Gasteiger partial charge in [-0.3, -0.25) is 9.10 Å². The van der Waals surface area contributed by atoms with E-state index in [0.29, 0.717) is 23.4 Å². The van der Waals surface area contributed by atoms with Gasteiger partial charge in [0.2, 0.25) is 0 Å². The van der Waals surface area contributed by atoms with Gasteiger partial charge in [-0.15, -0.1) is 11.3 Å².